The summed E-state index contributed by atoms with van der Waals surface area (Å²) in [5.41, 5.74) is 1.46. The molecule has 1 N–H and O–H groups in total. The van der Waals surface area contributed by atoms with Crippen LogP contribution in [-0.4, -0.2) is 42.8 Å². The first-order valence-corrected chi connectivity index (χ1v) is 9.41. The summed E-state index contributed by atoms with van der Waals surface area (Å²) in [5, 5.41) is 8.88. The minimum atomic E-state index is -0.938. The van der Waals surface area contributed by atoms with Gasteiger partial charge in [-0.3, -0.25) is 0 Å². The predicted molar refractivity (Wildman–Crippen MR) is 104 cm³/mol. The van der Waals surface area contributed by atoms with E-state index in [9.17, 15) is 4.79 Å². The Labute approximate surface area is 165 Å². The fraction of sp³-hybridized carbons (Fsp3) is 0.409. The average molecular weight is 386 g/mol. The van der Waals surface area contributed by atoms with E-state index < -0.39 is 11.8 Å². The number of carbonyl (C=O) groups is 1. The molecule has 0 aromatic heterocycles. The van der Waals surface area contributed by atoms with E-state index in [4.69, 9.17) is 24.1 Å². The zero-order chi connectivity index (χ0) is 20.0. The van der Waals surface area contributed by atoms with Gasteiger partial charge in [-0.1, -0.05) is 12.1 Å². The third-order valence-corrected chi connectivity index (χ3v) is 4.41. The minimum absolute atomic E-state index is 0.0450. The van der Waals surface area contributed by atoms with Gasteiger partial charge in [0.15, 0.2) is 5.79 Å². The summed E-state index contributed by atoms with van der Waals surface area (Å²) in [4.78, 5) is 10.8. The molecule has 6 nitrogen and oxygen atoms in total. The molecule has 0 spiro atoms. The summed E-state index contributed by atoms with van der Waals surface area (Å²) in [6.45, 7) is 5.38. The molecule has 1 aliphatic rings. The van der Waals surface area contributed by atoms with E-state index in [2.05, 4.69) is 0 Å². The lowest BCUT2D eigenvalue weighted by Crippen LogP contribution is -2.25. The second-order valence-corrected chi connectivity index (χ2v) is 7.19. The Bertz CT molecular complexity index is 767. The van der Waals surface area contributed by atoms with Crippen LogP contribution in [-0.2, 0) is 15.9 Å². The van der Waals surface area contributed by atoms with Gasteiger partial charge in [-0.05, 0) is 68.7 Å². The Morgan fingerprint density at radius 1 is 1.07 bits per heavy atom. The number of carboxylic acids is 1. The van der Waals surface area contributed by atoms with Crippen LogP contribution < -0.4 is 9.47 Å². The molecule has 150 valence electrons. The highest BCUT2D eigenvalue weighted by molar-refractivity contribution is 5.87. The van der Waals surface area contributed by atoms with Gasteiger partial charge in [-0.15, -0.1) is 0 Å². The van der Waals surface area contributed by atoms with E-state index in [0.717, 1.165) is 18.6 Å². The van der Waals surface area contributed by atoms with Crippen molar-refractivity contribution in [3.63, 3.8) is 0 Å². The molecule has 3 rings (SSSR count). The number of hydrogen-bond donors (Lipinski definition) is 1. The first kappa shape index (κ1) is 20.2. The Balaban J connectivity index is 1.35. The highest BCUT2D eigenvalue weighted by Crippen LogP contribution is 2.23. The van der Waals surface area contributed by atoms with Crippen LogP contribution in [0.25, 0.3) is 0 Å². The summed E-state index contributed by atoms with van der Waals surface area (Å²) in [7, 11) is 0. The lowest BCUT2D eigenvalue weighted by molar-refractivity contribution is -0.141. The number of benzene rings is 2. The molecule has 0 aliphatic carbocycles. The summed E-state index contributed by atoms with van der Waals surface area (Å²) < 4.78 is 22.7. The molecule has 2 aromatic carbocycles. The zero-order valence-electron chi connectivity index (χ0n) is 16.2. The van der Waals surface area contributed by atoms with E-state index >= 15 is 0 Å². The van der Waals surface area contributed by atoms with Crippen molar-refractivity contribution in [2.24, 2.45) is 0 Å². The van der Waals surface area contributed by atoms with E-state index in [-0.39, 0.29) is 11.7 Å². The van der Waals surface area contributed by atoms with Crippen molar-refractivity contribution in [1.82, 2.24) is 0 Å². The molecule has 1 atom stereocenters. The molecule has 0 amide bonds. The van der Waals surface area contributed by atoms with Crippen molar-refractivity contribution < 1.29 is 28.8 Å². The van der Waals surface area contributed by atoms with Crippen LogP contribution in [0, 0.1) is 0 Å². The van der Waals surface area contributed by atoms with Crippen LogP contribution >= 0.6 is 0 Å². The molecule has 1 fully saturated rings. The summed E-state index contributed by atoms with van der Waals surface area (Å²) in [6.07, 6.45) is 1.71. The molecule has 1 heterocycles. The molecular weight excluding hydrogens is 360 g/mol. The van der Waals surface area contributed by atoms with Crippen LogP contribution in [0.15, 0.2) is 48.5 Å². The third-order valence-electron chi connectivity index (χ3n) is 4.41. The van der Waals surface area contributed by atoms with Gasteiger partial charge >= 0.3 is 5.97 Å². The molecule has 2 aromatic rings. The number of rotatable bonds is 9. The fourth-order valence-electron chi connectivity index (χ4n) is 2.95. The first-order valence-electron chi connectivity index (χ1n) is 9.41. The van der Waals surface area contributed by atoms with Crippen LogP contribution in [0.3, 0.4) is 0 Å². The normalized spacial score (nSPS) is 18.0. The molecule has 1 unspecified atom stereocenters. The van der Waals surface area contributed by atoms with Gasteiger partial charge in [0.1, 0.15) is 24.2 Å². The van der Waals surface area contributed by atoms with Gasteiger partial charge in [-0.25, -0.2) is 4.79 Å². The summed E-state index contributed by atoms with van der Waals surface area (Å²) in [5.74, 6) is 0.0203. The third kappa shape index (κ3) is 5.97. The first-order chi connectivity index (χ1) is 13.4. The Morgan fingerprint density at radius 3 is 2.32 bits per heavy atom. The largest absolute Gasteiger partial charge is 0.494 e. The predicted octanol–water partition coefficient (Wildman–Crippen LogP) is 3.93. The minimum Gasteiger partial charge on any atom is -0.494 e. The number of hydrogen-bond acceptors (Lipinski definition) is 5. The summed E-state index contributed by atoms with van der Waals surface area (Å²) >= 11 is 0. The van der Waals surface area contributed by atoms with Gasteiger partial charge in [0.05, 0.1) is 18.8 Å². The van der Waals surface area contributed by atoms with E-state index in [0.29, 0.717) is 25.6 Å². The lowest BCUT2D eigenvalue weighted by Gasteiger charge is -2.17. The average Bonchev–Trinajstić information content (AvgIpc) is 3.03. The quantitative estimate of drug-likeness (QED) is 0.659. The fourth-order valence-corrected chi connectivity index (χ4v) is 2.95. The van der Waals surface area contributed by atoms with Gasteiger partial charge in [0.25, 0.3) is 0 Å². The van der Waals surface area contributed by atoms with E-state index in [1.165, 1.54) is 5.56 Å². The molecular formula is C22H26O6. The van der Waals surface area contributed by atoms with Crippen molar-refractivity contribution in [2.45, 2.75) is 38.6 Å². The molecule has 0 saturated carbocycles. The molecule has 28 heavy (non-hydrogen) atoms. The Kier molecular flexibility index (Phi) is 6.54. The monoisotopic (exact) mass is 386 g/mol. The maximum Gasteiger partial charge on any atom is 0.335 e. The van der Waals surface area contributed by atoms with Gasteiger partial charge in [-0.2, -0.15) is 0 Å². The van der Waals surface area contributed by atoms with Gasteiger partial charge in [0, 0.05) is 0 Å². The van der Waals surface area contributed by atoms with E-state index in [1.807, 2.05) is 38.1 Å². The Morgan fingerprint density at radius 2 is 1.71 bits per heavy atom. The van der Waals surface area contributed by atoms with Crippen molar-refractivity contribution in [1.29, 1.82) is 0 Å². The van der Waals surface area contributed by atoms with Gasteiger partial charge in [0.2, 0.25) is 0 Å². The molecule has 6 heteroatoms. The SMILES string of the molecule is CC1(C)OCC(COc2ccc(CCCOc3ccc(C(=O)O)cc3)cc2)O1. The topological polar surface area (TPSA) is 74.2 Å². The zero-order valence-corrected chi connectivity index (χ0v) is 16.2. The van der Waals surface area contributed by atoms with Crippen molar-refractivity contribution in [3.05, 3.63) is 59.7 Å². The van der Waals surface area contributed by atoms with Crippen molar-refractivity contribution in [3.8, 4) is 11.5 Å². The summed E-state index contributed by atoms with van der Waals surface area (Å²) in [6, 6.07) is 14.5. The van der Waals surface area contributed by atoms with Crippen LogP contribution in [0.4, 0.5) is 0 Å². The molecule has 1 saturated heterocycles. The van der Waals surface area contributed by atoms with Crippen molar-refractivity contribution >= 4 is 5.97 Å². The smallest absolute Gasteiger partial charge is 0.335 e. The van der Waals surface area contributed by atoms with Gasteiger partial charge < -0.3 is 24.1 Å². The van der Waals surface area contributed by atoms with Crippen molar-refractivity contribution in [2.75, 3.05) is 19.8 Å². The maximum atomic E-state index is 10.8. The Hall–Kier alpha value is -2.57. The number of aryl methyl sites for hydroxylation is 1. The molecule has 1 aliphatic heterocycles. The number of carboxylic acid groups (broad SMARTS) is 1. The number of ether oxygens (including phenoxy) is 4. The highest BCUT2D eigenvalue weighted by Gasteiger charge is 2.32. The second-order valence-electron chi connectivity index (χ2n) is 7.19. The molecule has 0 bridgehead atoms. The maximum absolute atomic E-state index is 10.8. The van der Waals surface area contributed by atoms with Crippen LogP contribution in [0.5, 0.6) is 11.5 Å². The lowest BCUT2D eigenvalue weighted by atomic mass is 10.1. The second kappa shape index (κ2) is 9.08. The highest BCUT2D eigenvalue weighted by atomic mass is 16.7. The van der Waals surface area contributed by atoms with Crippen LogP contribution in [0.1, 0.15) is 36.2 Å². The van der Waals surface area contributed by atoms with Crippen LogP contribution in [0.2, 0.25) is 0 Å². The number of aromatic carboxylic acids is 1. The standard InChI is InChI=1S/C22H26O6/c1-22(2)27-15-20(28-22)14-26-19-9-5-16(6-10-19)4-3-13-25-18-11-7-17(8-12-18)21(23)24/h5-12,20H,3-4,13-15H2,1-2H3,(H,23,24). The molecule has 0 radical (unpaired) electrons. The van der Waals surface area contributed by atoms with E-state index in [1.54, 1.807) is 24.3 Å².